The first kappa shape index (κ1) is 25.5. The van der Waals surface area contributed by atoms with Gasteiger partial charge in [-0.15, -0.1) is 0 Å². The van der Waals surface area contributed by atoms with Crippen LogP contribution in [0.15, 0.2) is 77.6 Å². The normalized spacial score (nSPS) is 11.8. The third-order valence-corrected chi connectivity index (χ3v) is 6.03. The average Bonchev–Trinajstić information content (AvgIpc) is 2.83. The maximum Gasteiger partial charge on any atom is 0.416 e. The first-order valence-electron chi connectivity index (χ1n) is 10.7. The molecule has 1 heterocycles. The Labute approximate surface area is 213 Å². The molecule has 0 saturated carbocycles. The van der Waals surface area contributed by atoms with Gasteiger partial charge in [-0.05, 0) is 48.0 Å². The fraction of sp³-hybridized carbons (Fsp3) is 0.111. The van der Waals surface area contributed by atoms with Crippen molar-refractivity contribution in [1.29, 1.82) is 0 Å². The van der Waals surface area contributed by atoms with E-state index in [9.17, 15) is 22.8 Å². The Kier molecular flexibility index (Phi) is 7.52. The fourth-order valence-electron chi connectivity index (χ4n) is 3.77. The van der Waals surface area contributed by atoms with Crippen LogP contribution >= 0.6 is 23.2 Å². The van der Waals surface area contributed by atoms with E-state index in [1.165, 1.54) is 18.2 Å². The van der Waals surface area contributed by atoms with Crippen LogP contribution in [0.2, 0.25) is 10.0 Å². The van der Waals surface area contributed by atoms with Gasteiger partial charge in [0.2, 0.25) is 0 Å². The molecule has 184 valence electrons. The highest BCUT2D eigenvalue weighted by molar-refractivity contribution is 6.34. The Hall–Kier alpha value is -3.55. The van der Waals surface area contributed by atoms with Crippen molar-refractivity contribution < 1.29 is 22.7 Å². The van der Waals surface area contributed by atoms with Crippen molar-refractivity contribution in [2.24, 2.45) is 0 Å². The lowest BCUT2D eigenvalue weighted by atomic mass is 9.94. The van der Waals surface area contributed by atoms with Crippen LogP contribution in [-0.4, -0.2) is 17.6 Å². The van der Waals surface area contributed by atoms with Crippen LogP contribution in [0.1, 0.15) is 16.7 Å². The molecule has 3 aromatic carbocycles. The van der Waals surface area contributed by atoms with E-state index in [4.69, 9.17) is 27.9 Å². The summed E-state index contributed by atoms with van der Waals surface area (Å²) in [6.45, 7) is -0.108. The topological polar surface area (TPSA) is 59.2 Å². The maximum atomic E-state index is 12.9. The van der Waals surface area contributed by atoms with Crippen LogP contribution in [0.4, 0.5) is 13.2 Å². The van der Waals surface area contributed by atoms with Gasteiger partial charge in [0.25, 0.3) is 5.56 Å². The third kappa shape index (κ3) is 5.80. The smallest absolute Gasteiger partial charge is 0.416 e. The van der Waals surface area contributed by atoms with Crippen LogP contribution in [0, 0.1) is 0 Å². The molecule has 0 spiro atoms. The molecule has 4 nitrogen and oxygen atoms in total. The van der Waals surface area contributed by atoms with E-state index in [1.807, 2.05) is 0 Å². The van der Waals surface area contributed by atoms with E-state index >= 15 is 0 Å². The zero-order valence-electron chi connectivity index (χ0n) is 18.5. The number of aromatic amines is 1. The quantitative estimate of drug-likeness (QED) is 0.209. The molecular formula is C27H18Cl2F3NO3. The molecule has 1 N–H and O–H groups in total. The first-order valence-corrected chi connectivity index (χ1v) is 11.5. The van der Waals surface area contributed by atoms with Crippen molar-refractivity contribution >= 4 is 46.2 Å². The van der Waals surface area contributed by atoms with E-state index < -0.39 is 17.7 Å². The minimum absolute atomic E-state index is 0.0954. The molecule has 0 radical (unpaired) electrons. The van der Waals surface area contributed by atoms with E-state index in [0.29, 0.717) is 43.2 Å². The Bertz CT molecular complexity index is 1510. The number of carbonyl (C=O) groups is 1. The number of pyridine rings is 1. The second kappa shape index (κ2) is 10.6. The van der Waals surface area contributed by atoms with Gasteiger partial charge in [-0.25, -0.2) is 4.79 Å². The molecule has 0 fully saturated rings. The predicted molar refractivity (Wildman–Crippen MR) is 135 cm³/mol. The summed E-state index contributed by atoms with van der Waals surface area (Å²) in [6, 6.07) is 16.5. The second-order valence-electron chi connectivity index (χ2n) is 7.85. The first-order chi connectivity index (χ1) is 17.1. The molecule has 0 aliphatic heterocycles. The molecule has 0 saturated heterocycles. The Morgan fingerprint density at radius 3 is 2.42 bits per heavy atom. The van der Waals surface area contributed by atoms with E-state index in [2.05, 4.69) is 4.98 Å². The number of aromatic nitrogens is 1. The minimum atomic E-state index is -4.43. The van der Waals surface area contributed by atoms with Gasteiger partial charge in [0.05, 0.1) is 12.2 Å². The number of nitrogens with one attached hydrogen (secondary N) is 1. The molecule has 0 aliphatic carbocycles. The Balaban J connectivity index is 1.54. The Morgan fingerprint density at radius 2 is 1.72 bits per heavy atom. The van der Waals surface area contributed by atoms with Crippen molar-refractivity contribution in [1.82, 2.24) is 4.98 Å². The molecule has 9 heteroatoms. The zero-order valence-corrected chi connectivity index (χ0v) is 20.0. The highest BCUT2D eigenvalue weighted by Gasteiger charge is 2.29. The summed E-state index contributed by atoms with van der Waals surface area (Å²) >= 11 is 12.7. The zero-order chi connectivity index (χ0) is 25.9. The van der Waals surface area contributed by atoms with Crippen LogP contribution in [0.5, 0.6) is 0 Å². The average molecular weight is 532 g/mol. The van der Waals surface area contributed by atoms with Crippen LogP contribution < -0.4 is 5.56 Å². The molecule has 0 unspecified atom stereocenters. The number of H-pyrrole nitrogens is 1. The minimum Gasteiger partial charge on any atom is -0.462 e. The summed E-state index contributed by atoms with van der Waals surface area (Å²) < 4.78 is 43.3. The van der Waals surface area contributed by atoms with Gasteiger partial charge in [0.1, 0.15) is 0 Å². The van der Waals surface area contributed by atoms with Crippen molar-refractivity contribution in [2.45, 2.75) is 12.6 Å². The molecule has 4 aromatic rings. The number of rotatable bonds is 6. The number of hydrogen-bond acceptors (Lipinski definition) is 3. The summed E-state index contributed by atoms with van der Waals surface area (Å²) in [7, 11) is 0. The SMILES string of the molecule is O=C(/C=C/c1ccc(C(F)(F)F)cc1)OCCc1c(-c2ccccc2Cl)c2cc(Cl)ccc2[nH]c1=O. The third-order valence-electron chi connectivity index (χ3n) is 5.46. The summed E-state index contributed by atoms with van der Waals surface area (Å²) in [5.41, 5.74) is 1.47. The maximum absolute atomic E-state index is 12.9. The second-order valence-corrected chi connectivity index (χ2v) is 8.69. The van der Waals surface area contributed by atoms with Gasteiger partial charge in [-0.2, -0.15) is 13.2 Å². The molecule has 0 atom stereocenters. The standard InChI is InChI=1S/C27H18Cl2F3NO3/c28-18-10-11-23-21(15-18)25(19-3-1-2-4-22(19)29)20(26(35)33-23)13-14-36-24(34)12-7-16-5-8-17(9-6-16)27(30,31)32/h1-12,15H,13-14H2,(H,33,35)/b12-7+. The lowest BCUT2D eigenvalue weighted by Crippen LogP contribution is -2.17. The predicted octanol–water partition coefficient (Wildman–Crippen LogP) is 7.32. The summed E-state index contributed by atoms with van der Waals surface area (Å²) in [4.78, 5) is 27.9. The molecule has 1 aromatic heterocycles. The highest BCUT2D eigenvalue weighted by atomic mass is 35.5. The molecule has 0 aliphatic rings. The number of ether oxygens (including phenoxy) is 1. The summed E-state index contributed by atoms with van der Waals surface area (Å²) in [5, 5.41) is 1.62. The van der Waals surface area contributed by atoms with Crippen LogP contribution in [0.3, 0.4) is 0 Å². The molecule has 4 rings (SSSR count). The van der Waals surface area contributed by atoms with Gasteiger partial charge in [0.15, 0.2) is 0 Å². The van der Waals surface area contributed by atoms with Gasteiger partial charge in [0, 0.05) is 50.1 Å². The number of halogens is 5. The molecule has 0 bridgehead atoms. The lowest BCUT2D eigenvalue weighted by Gasteiger charge is -2.14. The van der Waals surface area contributed by atoms with Crippen molar-refractivity contribution in [3.8, 4) is 11.1 Å². The van der Waals surface area contributed by atoms with Crippen LogP contribution in [-0.2, 0) is 22.1 Å². The fourth-order valence-corrected chi connectivity index (χ4v) is 4.17. The number of fused-ring (bicyclic) bond motifs is 1. The number of alkyl halides is 3. The van der Waals surface area contributed by atoms with Crippen LogP contribution in [0.25, 0.3) is 28.1 Å². The van der Waals surface area contributed by atoms with Gasteiger partial charge >= 0.3 is 12.1 Å². The van der Waals surface area contributed by atoms with Gasteiger partial charge < -0.3 is 9.72 Å². The number of benzene rings is 3. The number of hydrogen-bond donors (Lipinski definition) is 1. The van der Waals surface area contributed by atoms with Gasteiger partial charge in [-0.3, -0.25) is 4.79 Å². The summed E-state index contributed by atoms with van der Waals surface area (Å²) in [6.07, 6.45) is -1.88. The van der Waals surface area contributed by atoms with E-state index in [1.54, 1.807) is 42.5 Å². The van der Waals surface area contributed by atoms with Crippen molar-refractivity contribution in [3.63, 3.8) is 0 Å². The van der Waals surface area contributed by atoms with E-state index in [0.717, 1.165) is 18.2 Å². The lowest BCUT2D eigenvalue weighted by molar-refractivity contribution is -0.138. The van der Waals surface area contributed by atoms with E-state index in [-0.39, 0.29) is 18.6 Å². The van der Waals surface area contributed by atoms with Crippen molar-refractivity contribution in [3.05, 3.63) is 110 Å². The number of carbonyl (C=O) groups excluding carboxylic acids is 1. The molecular weight excluding hydrogens is 514 g/mol. The van der Waals surface area contributed by atoms with Crippen molar-refractivity contribution in [2.75, 3.05) is 6.61 Å². The largest absolute Gasteiger partial charge is 0.462 e. The Morgan fingerprint density at radius 1 is 1.00 bits per heavy atom. The monoisotopic (exact) mass is 531 g/mol. The molecule has 36 heavy (non-hydrogen) atoms. The number of esters is 1. The highest BCUT2D eigenvalue weighted by Crippen LogP contribution is 2.35. The summed E-state index contributed by atoms with van der Waals surface area (Å²) in [5.74, 6) is -0.700. The molecule has 0 amide bonds. The van der Waals surface area contributed by atoms with Gasteiger partial charge in [-0.1, -0.05) is 53.5 Å².